The fourth-order valence-electron chi connectivity index (χ4n) is 8.96. The van der Waals surface area contributed by atoms with Crippen LogP contribution in [0.2, 0.25) is 0 Å². The largest absolute Gasteiger partial charge is 0.315 e. The quantitative estimate of drug-likeness (QED) is 0.169. The molecule has 266 valence electrons. The molecule has 1 aliphatic carbocycles. The van der Waals surface area contributed by atoms with Crippen molar-refractivity contribution in [3.05, 3.63) is 180 Å². The van der Waals surface area contributed by atoms with Crippen LogP contribution in [0.4, 0.5) is 22.7 Å². The Morgan fingerprint density at radius 3 is 1.44 bits per heavy atom. The third kappa shape index (κ3) is 5.64. The molecule has 2 heterocycles. The van der Waals surface area contributed by atoms with Crippen LogP contribution in [0.1, 0.15) is 66.0 Å². The monoisotopic (exact) mass is 700 g/mol. The van der Waals surface area contributed by atoms with Gasteiger partial charge in [-0.1, -0.05) is 176 Å². The standard InChI is InChI=1S/C51H49BN2/c1-34-30-47-49-48(31-34)54(44-25-17-15-23-40(44)36-20-12-9-13-21-36)46-29-27-38(51(5,6)7)33-42(46)52(49)41-32-37(50(2,3)4)26-28-45(41)53(47)43-24-16-14-22-39(43)35-18-10-8-11-19-35/h8-30,32-34H,31H2,1-7H3. The van der Waals surface area contributed by atoms with E-state index in [0.717, 1.165) is 6.42 Å². The van der Waals surface area contributed by atoms with Crippen molar-refractivity contribution in [1.29, 1.82) is 0 Å². The van der Waals surface area contributed by atoms with Crippen molar-refractivity contribution < 1.29 is 0 Å². The van der Waals surface area contributed by atoms with Gasteiger partial charge in [0.2, 0.25) is 0 Å². The summed E-state index contributed by atoms with van der Waals surface area (Å²) in [4.78, 5) is 5.24. The molecule has 54 heavy (non-hydrogen) atoms. The average Bonchev–Trinajstić information content (AvgIpc) is 3.17. The van der Waals surface area contributed by atoms with E-state index in [2.05, 4.69) is 210 Å². The molecule has 3 aliphatic rings. The van der Waals surface area contributed by atoms with E-state index in [0.29, 0.717) is 5.92 Å². The number of anilines is 4. The Morgan fingerprint density at radius 2 is 0.944 bits per heavy atom. The maximum absolute atomic E-state index is 2.64. The van der Waals surface area contributed by atoms with E-state index in [9.17, 15) is 0 Å². The molecular weight excluding hydrogens is 651 g/mol. The molecule has 0 saturated carbocycles. The van der Waals surface area contributed by atoms with Gasteiger partial charge in [-0.25, -0.2) is 0 Å². The van der Waals surface area contributed by atoms with Crippen molar-refractivity contribution in [2.75, 3.05) is 9.80 Å². The fraction of sp³-hybridized carbons (Fsp3) is 0.216. The van der Waals surface area contributed by atoms with Gasteiger partial charge in [0.25, 0.3) is 6.71 Å². The summed E-state index contributed by atoms with van der Waals surface area (Å²) in [5.41, 5.74) is 19.6. The molecule has 0 saturated heterocycles. The van der Waals surface area contributed by atoms with Crippen LogP contribution in [0, 0.1) is 5.92 Å². The Hall–Kier alpha value is -5.54. The van der Waals surface area contributed by atoms with Crippen molar-refractivity contribution in [2.24, 2.45) is 5.92 Å². The van der Waals surface area contributed by atoms with Gasteiger partial charge in [0.1, 0.15) is 0 Å². The molecule has 3 heteroatoms. The van der Waals surface area contributed by atoms with Crippen molar-refractivity contribution in [2.45, 2.75) is 65.7 Å². The topological polar surface area (TPSA) is 6.48 Å². The zero-order valence-corrected chi connectivity index (χ0v) is 32.7. The van der Waals surface area contributed by atoms with Crippen molar-refractivity contribution in [3.8, 4) is 22.3 Å². The second-order valence-electron chi connectivity index (χ2n) is 17.5. The highest BCUT2D eigenvalue weighted by Gasteiger charge is 2.47. The first-order chi connectivity index (χ1) is 26.0. The molecule has 1 atom stereocenters. The number of hydrogen-bond acceptors (Lipinski definition) is 2. The number of benzene rings is 6. The van der Waals surface area contributed by atoms with Gasteiger partial charge in [0, 0.05) is 33.9 Å². The van der Waals surface area contributed by atoms with Crippen LogP contribution in [-0.4, -0.2) is 6.71 Å². The van der Waals surface area contributed by atoms with E-state index in [1.54, 1.807) is 0 Å². The van der Waals surface area contributed by atoms with E-state index in [-0.39, 0.29) is 17.5 Å². The maximum Gasteiger partial charge on any atom is 0.251 e. The molecule has 2 nitrogen and oxygen atoms in total. The second kappa shape index (κ2) is 12.8. The Labute approximate surface area is 322 Å². The molecule has 0 N–H and O–H groups in total. The summed E-state index contributed by atoms with van der Waals surface area (Å²) in [7, 11) is 0. The lowest BCUT2D eigenvalue weighted by Gasteiger charge is -2.49. The highest BCUT2D eigenvalue weighted by molar-refractivity contribution is 6.94. The Morgan fingerprint density at radius 1 is 0.500 bits per heavy atom. The van der Waals surface area contributed by atoms with Gasteiger partial charge < -0.3 is 9.80 Å². The zero-order valence-electron chi connectivity index (χ0n) is 32.7. The van der Waals surface area contributed by atoms with Crippen molar-refractivity contribution >= 4 is 40.4 Å². The number of rotatable bonds is 4. The summed E-state index contributed by atoms with van der Waals surface area (Å²) >= 11 is 0. The molecular formula is C51H49BN2. The van der Waals surface area contributed by atoms with Crippen molar-refractivity contribution in [3.63, 3.8) is 0 Å². The maximum atomic E-state index is 2.64. The van der Waals surface area contributed by atoms with E-state index in [1.807, 2.05) is 0 Å². The van der Waals surface area contributed by atoms with Crippen LogP contribution in [0.3, 0.4) is 0 Å². The third-order valence-electron chi connectivity index (χ3n) is 11.7. The predicted octanol–water partition coefficient (Wildman–Crippen LogP) is 12.2. The molecule has 0 spiro atoms. The second-order valence-corrected chi connectivity index (χ2v) is 17.5. The molecule has 0 bridgehead atoms. The first-order valence-corrected chi connectivity index (χ1v) is 19.6. The van der Waals surface area contributed by atoms with E-state index in [1.165, 1.54) is 83.9 Å². The van der Waals surface area contributed by atoms with Gasteiger partial charge in [-0.2, -0.15) is 0 Å². The lowest BCUT2D eigenvalue weighted by molar-refractivity contribution is 0.590. The van der Waals surface area contributed by atoms with Gasteiger partial charge in [-0.05, 0) is 86.1 Å². The van der Waals surface area contributed by atoms with Gasteiger partial charge in [0.05, 0.1) is 11.4 Å². The van der Waals surface area contributed by atoms with Gasteiger partial charge in [-0.15, -0.1) is 0 Å². The Kier molecular flexibility index (Phi) is 8.12. The first kappa shape index (κ1) is 34.2. The van der Waals surface area contributed by atoms with Crippen molar-refractivity contribution in [1.82, 2.24) is 0 Å². The SMILES string of the molecule is CC1C=C2C3=C(C1)N(c1ccccc1-c1ccccc1)c1ccc(C(C)(C)C)cc1B3c1cc(C(C)(C)C)ccc1N2c1ccccc1-c1ccccc1. The molecule has 0 amide bonds. The minimum Gasteiger partial charge on any atom is -0.315 e. The summed E-state index contributed by atoms with van der Waals surface area (Å²) in [6, 6.07) is 54.5. The zero-order chi connectivity index (χ0) is 37.4. The molecule has 6 aromatic rings. The number of hydrogen-bond donors (Lipinski definition) is 0. The normalized spacial score (nSPS) is 16.5. The van der Waals surface area contributed by atoms with E-state index in [4.69, 9.17) is 0 Å². The summed E-state index contributed by atoms with van der Waals surface area (Å²) < 4.78 is 0. The molecule has 1 unspecified atom stereocenters. The van der Waals surface area contributed by atoms with Gasteiger partial charge in [0.15, 0.2) is 0 Å². The minimum atomic E-state index is 0.00161. The van der Waals surface area contributed by atoms with Crippen LogP contribution in [0.5, 0.6) is 0 Å². The molecule has 9 rings (SSSR count). The Bertz CT molecular complexity index is 2460. The predicted molar refractivity (Wildman–Crippen MR) is 232 cm³/mol. The smallest absolute Gasteiger partial charge is 0.251 e. The first-order valence-electron chi connectivity index (χ1n) is 19.6. The highest BCUT2D eigenvalue weighted by atomic mass is 15.2. The molecule has 6 aromatic carbocycles. The lowest BCUT2D eigenvalue weighted by Crippen LogP contribution is -2.57. The summed E-state index contributed by atoms with van der Waals surface area (Å²) in [5.74, 6) is 0.336. The molecule has 2 aliphatic heterocycles. The highest BCUT2D eigenvalue weighted by Crippen LogP contribution is 2.51. The van der Waals surface area contributed by atoms with Crippen LogP contribution in [0.25, 0.3) is 22.3 Å². The summed E-state index contributed by atoms with van der Waals surface area (Å²) in [5, 5.41) is 0. The lowest BCUT2D eigenvalue weighted by atomic mass is 9.31. The number of nitrogens with zero attached hydrogens (tertiary/aromatic N) is 2. The minimum absolute atomic E-state index is 0.00161. The fourth-order valence-corrected chi connectivity index (χ4v) is 8.96. The summed E-state index contributed by atoms with van der Waals surface area (Å²) in [6.45, 7) is 16.5. The number of fused-ring (bicyclic) bond motifs is 4. The van der Waals surface area contributed by atoms with E-state index >= 15 is 0 Å². The summed E-state index contributed by atoms with van der Waals surface area (Å²) in [6.07, 6.45) is 3.52. The molecule has 0 radical (unpaired) electrons. The van der Waals surface area contributed by atoms with Crippen LogP contribution in [-0.2, 0) is 10.8 Å². The molecule has 0 fully saturated rings. The van der Waals surface area contributed by atoms with E-state index < -0.39 is 0 Å². The Balaban J connectivity index is 1.40. The number of allylic oxidation sites excluding steroid dienone is 3. The van der Waals surface area contributed by atoms with Gasteiger partial charge in [-0.3, -0.25) is 0 Å². The van der Waals surface area contributed by atoms with Crippen LogP contribution in [0.15, 0.2) is 169 Å². The third-order valence-corrected chi connectivity index (χ3v) is 11.7. The van der Waals surface area contributed by atoms with Crippen LogP contribution >= 0.6 is 0 Å². The molecule has 0 aromatic heterocycles. The van der Waals surface area contributed by atoms with Gasteiger partial charge >= 0.3 is 0 Å². The average molecular weight is 701 g/mol. The van der Waals surface area contributed by atoms with Crippen LogP contribution < -0.4 is 20.7 Å². The number of para-hydroxylation sites is 2.